The highest BCUT2D eigenvalue weighted by atomic mass is 16.6. The van der Waals surface area contributed by atoms with Gasteiger partial charge >= 0.3 is 6.09 Å². The van der Waals surface area contributed by atoms with Gasteiger partial charge in [-0.1, -0.05) is 18.2 Å². The maximum Gasteiger partial charge on any atom is 0.414 e. The number of piperidine rings is 1. The summed E-state index contributed by atoms with van der Waals surface area (Å²) in [5.41, 5.74) is 4.79. The number of hydrogen-bond acceptors (Lipinski definition) is 3. The summed E-state index contributed by atoms with van der Waals surface area (Å²) in [5, 5.41) is 1.05. The highest BCUT2D eigenvalue weighted by molar-refractivity contribution is 5.98. The number of cyclic esters (lactones) is 1. The molecule has 1 aromatic heterocycles. The Balaban J connectivity index is 1.31. The molecule has 6 nitrogen and oxygen atoms in total. The van der Waals surface area contributed by atoms with Gasteiger partial charge in [0.2, 0.25) is 0 Å². The van der Waals surface area contributed by atoms with Gasteiger partial charge in [0.15, 0.2) is 0 Å². The Bertz CT molecular complexity index is 1100. The number of likely N-dealkylation sites (tertiary alicyclic amines) is 1. The number of amides is 2. The maximum absolute atomic E-state index is 13.0. The minimum atomic E-state index is -0.290. The number of H-pyrrole nitrogens is 1. The summed E-state index contributed by atoms with van der Waals surface area (Å²) < 4.78 is 5.36. The van der Waals surface area contributed by atoms with Crippen LogP contribution in [-0.2, 0) is 11.3 Å². The van der Waals surface area contributed by atoms with Crippen LogP contribution in [0.2, 0.25) is 0 Å². The molecule has 0 bridgehead atoms. The molecule has 1 saturated heterocycles. The van der Waals surface area contributed by atoms with Crippen LogP contribution >= 0.6 is 0 Å². The number of nitrogens with one attached hydrogen (secondary N) is 1. The molecule has 0 radical (unpaired) electrons. The van der Waals surface area contributed by atoms with Crippen LogP contribution in [0.1, 0.15) is 34.5 Å². The second kappa shape index (κ2) is 6.95. The lowest BCUT2D eigenvalue weighted by atomic mass is 10.00. The molecular weight excluding hydrogens is 366 g/mol. The van der Waals surface area contributed by atoms with E-state index in [0.29, 0.717) is 25.3 Å². The van der Waals surface area contributed by atoms with Gasteiger partial charge in [0, 0.05) is 46.9 Å². The average molecular weight is 389 g/mol. The number of hydrogen-bond donors (Lipinski definition) is 1. The molecule has 6 heteroatoms. The third kappa shape index (κ3) is 3.14. The first kappa shape index (κ1) is 17.8. The number of fused-ring (bicyclic) bond motifs is 2. The van der Waals surface area contributed by atoms with Crippen LogP contribution in [0.15, 0.2) is 48.5 Å². The molecule has 0 unspecified atom stereocenters. The first-order chi connectivity index (χ1) is 14.1. The molecule has 0 aliphatic carbocycles. The number of benzene rings is 2. The number of aromatic amines is 1. The van der Waals surface area contributed by atoms with E-state index >= 15 is 0 Å². The Morgan fingerprint density at radius 1 is 1.10 bits per heavy atom. The van der Waals surface area contributed by atoms with Gasteiger partial charge < -0.3 is 14.6 Å². The summed E-state index contributed by atoms with van der Waals surface area (Å²) >= 11 is 0. The Kier molecular flexibility index (Phi) is 4.27. The normalized spacial score (nSPS) is 17.3. The molecule has 2 amide bonds. The number of rotatable bonds is 2. The average Bonchev–Trinajstić information content (AvgIpc) is 3.12. The van der Waals surface area contributed by atoms with Crippen molar-refractivity contribution < 1.29 is 14.3 Å². The molecule has 0 spiro atoms. The minimum Gasteiger partial charge on any atom is -0.444 e. The summed E-state index contributed by atoms with van der Waals surface area (Å²) in [6, 6.07) is 15.8. The summed E-state index contributed by atoms with van der Waals surface area (Å²) in [7, 11) is 0. The Hall–Kier alpha value is -3.28. The number of carbonyl (C=O) groups is 2. The standard InChI is InChI=1S/C23H23N3O3/c1-15-12-18-13-16(6-7-20(18)24-15)22(27)25-10-8-19(9-11-25)26-21-5-3-2-4-17(21)14-29-23(26)28/h2-7,12-13,19,24H,8-11,14H2,1H3. The molecule has 0 atom stereocenters. The summed E-state index contributed by atoms with van der Waals surface area (Å²) in [6.07, 6.45) is 1.18. The lowest BCUT2D eigenvalue weighted by molar-refractivity contribution is 0.0708. The number of aromatic nitrogens is 1. The molecule has 0 saturated carbocycles. The van der Waals surface area contributed by atoms with Crippen molar-refractivity contribution in [2.45, 2.75) is 32.4 Å². The van der Waals surface area contributed by atoms with Gasteiger partial charge in [0.1, 0.15) is 6.61 Å². The molecule has 148 valence electrons. The Labute approximate surface area is 169 Å². The number of carbonyl (C=O) groups excluding carboxylic acids is 2. The van der Waals surface area contributed by atoms with Gasteiger partial charge in [0.05, 0.1) is 5.69 Å². The predicted molar refractivity (Wildman–Crippen MR) is 111 cm³/mol. The summed E-state index contributed by atoms with van der Waals surface area (Å²) in [6.45, 7) is 3.58. The predicted octanol–water partition coefficient (Wildman–Crippen LogP) is 4.24. The number of ether oxygens (including phenoxy) is 1. The van der Waals surface area contributed by atoms with Crippen molar-refractivity contribution in [3.05, 3.63) is 65.4 Å². The van der Waals surface area contributed by atoms with Gasteiger partial charge in [-0.05, 0) is 50.1 Å². The van der Waals surface area contributed by atoms with E-state index < -0.39 is 0 Å². The van der Waals surface area contributed by atoms with Gasteiger partial charge in [-0.15, -0.1) is 0 Å². The van der Waals surface area contributed by atoms with Crippen molar-refractivity contribution in [2.75, 3.05) is 18.0 Å². The zero-order valence-electron chi connectivity index (χ0n) is 16.4. The van der Waals surface area contributed by atoms with Crippen molar-refractivity contribution in [1.29, 1.82) is 0 Å². The van der Waals surface area contributed by atoms with Crippen LogP contribution in [-0.4, -0.2) is 41.0 Å². The molecule has 1 N–H and O–H groups in total. The molecule has 2 aromatic carbocycles. The Morgan fingerprint density at radius 2 is 1.90 bits per heavy atom. The molecular formula is C23H23N3O3. The minimum absolute atomic E-state index is 0.0443. The lowest BCUT2D eigenvalue weighted by Gasteiger charge is -2.40. The van der Waals surface area contributed by atoms with E-state index in [1.807, 2.05) is 54.3 Å². The smallest absolute Gasteiger partial charge is 0.414 e. The van der Waals surface area contributed by atoms with Gasteiger partial charge in [-0.25, -0.2) is 4.79 Å². The van der Waals surface area contributed by atoms with Crippen molar-refractivity contribution in [1.82, 2.24) is 9.88 Å². The molecule has 3 aromatic rings. The first-order valence-electron chi connectivity index (χ1n) is 10.0. The maximum atomic E-state index is 13.0. The quantitative estimate of drug-likeness (QED) is 0.713. The summed E-state index contributed by atoms with van der Waals surface area (Å²) in [5.74, 6) is 0.0471. The van der Waals surface area contributed by atoms with E-state index in [-0.39, 0.29) is 18.0 Å². The molecule has 1 fully saturated rings. The third-order valence-electron chi connectivity index (χ3n) is 5.92. The van der Waals surface area contributed by atoms with Crippen molar-refractivity contribution in [3.63, 3.8) is 0 Å². The van der Waals surface area contributed by atoms with Crippen LogP contribution in [0.5, 0.6) is 0 Å². The van der Waals surface area contributed by atoms with Crippen LogP contribution in [0.25, 0.3) is 10.9 Å². The molecule has 29 heavy (non-hydrogen) atoms. The van der Waals surface area contributed by atoms with E-state index in [1.54, 1.807) is 4.90 Å². The van der Waals surface area contributed by atoms with E-state index in [1.165, 1.54) is 0 Å². The number of anilines is 1. The second-order valence-corrected chi connectivity index (χ2v) is 7.83. The van der Waals surface area contributed by atoms with Gasteiger partial charge in [-0.3, -0.25) is 9.69 Å². The fourth-order valence-electron chi connectivity index (χ4n) is 4.44. The number of aryl methyl sites for hydroxylation is 1. The highest BCUT2D eigenvalue weighted by Gasteiger charge is 2.35. The van der Waals surface area contributed by atoms with Crippen molar-refractivity contribution in [3.8, 4) is 0 Å². The Morgan fingerprint density at radius 3 is 2.72 bits per heavy atom. The van der Waals surface area contributed by atoms with E-state index in [9.17, 15) is 9.59 Å². The van der Waals surface area contributed by atoms with Gasteiger partial charge in [0.25, 0.3) is 5.91 Å². The molecule has 2 aliphatic heterocycles. The zero-order chi connectivity index (χ0) is 20.0. The lowest BCUT2D eigenvalue weighted by Crippen LogP contribution is -2.50. The van der Waals surface area contributed by atoms with Crippen LogP contribution < -0.4 is 4.90 Å². The van der Waals surface area contributed by atoms with Crippen LogP contribution in [0.4, 0.5) is 10.5 Å². The number of nitrogens with zero attached hydrogens (tertiary/aromatic N) is 2. The highest BCUT2D eigenvalue weighted by Crippen LogP contribution is 2.32. The fraction of sp³-hybridized carbons (Fsp3) is 0.304. The van der Waals surface area contributed by atoms with Gasteiger partial charge in [-0.2, -0.15) is 0 Å². The van der Waals surface area contributed by atoms with E-state index in [0.717, 1.165) is 40.7 Å². The largest absolute Gasteiger partial charge is 0.444 e. The topological polar surface area (TPSA) is 65.6 Å². The van der Waals surface area contributed by atoms with E-state index in [4.69, 9.17) is 4.74 Å². The SMILES string of the molecule is Cc1cc2cc(C(=O)N3CCC(N4C(=O)OCc5ccccc54)CC3)ccc2[nH]1. The summed E-state index contributed by atoms with van der Waals surface area (Å²) in [4.78, 5) is 32.4. The molecule has 3 heterocycles. The molecule has 5 rings (SSSR count). The monoisotopic (exact) mass is 389 g/mol. The fourth-order valence-corrected chi connectivity index (χ4v) is 4.44. The zero-order valence-corrected chi connectivity index (χ0v) is 16.4. The number of para-hydroxylation sites is 1. The van der Waals surface area contributed by atoms with Crippen LogP contribution in [0.3, 0.4) is 0 Å². The first-order valence-corrected chi connectivity index (χ1v) is 10.0. The van der Waals surface area contributed by atoms with Crippen molar-refractivity contribution >= 4 is 28.6 Å². The van der Waals surface area contributed by atoms with Crippen molar-refractivity contribution in [2.24, 2.45) is 0 Å². The van der Waals surface area contributed by atoms with Crippen LogP contribution in [0, 0.1) is 6.92 Å². The molecule has 2 aliphatic rings. The van der Waals surface area contributed by atoms with E-state index in [2.05, 4.69) is 11.1 Å². The third-order valence-corrected chi connectivity index (χ3v) is 5.92. The second-order valence-electron chi connectivity index (χ2n) is 7.83.